The first kappa shape index (κ1) is 25.3. The quantitative estimate of drug-likeness (QED) is 0.267. The van der Waals surface area contributed by atoms with E-state index in [0.29, 0.717) is 42.2 Å². The number of ketones is 1. The zero-order valence-electron chi connectivity index (χ0n) is 20.7. The van der Waals surface area contributed by atoms with Crippen LogP contribution in [0.25, 0.3) is 5.76 Å². The van der Waals surface area contributed by atoms with Gasteiger partial charge in [-0.3, -0.25) is 9.59 Å². The highest BCUT2D eigenvalue weighted by Crippen LogP contribution is 2.41. The van der Waals surface area contributed by atoms with Crippen molar-refractivity contribution in [2.24, 2.45) is 0 Å². The van der Waals surface area contributed by atoms with Gasteiger partial charge in [0.25, 0.3) is 11.7 Å². The van der Waals surface area contributed by atoms with Gasteiger partial charge in [0.2, 0.25) is 0 Å². The standard InChI is InChI=1S/C27H33NO6/c1-27(2,3)20-16-18(11-12-21(20)34-6)24(29)22-23(17-9-7-10-19(15-17)33-5)28(13-8-14-32-4)26(31)25(22)30/h7,9-12,15-16,23,29H,8,13-14H2,1-6H3/b24-22-. The van der Waals surface area contributed by atoms with Crippen molar-refractivity contribution < 1.29 is 28.9 Å². The van der Waals surface area contributed by atoms with Gasteiger partial charge in [0, 0.05) is 31.4 Å². The van der Waals surface area contributed by atoms with Crippen LogP contribution < -0.4 is 9.47 Å². The predicted octanol–water partition coefficient (Wildman–Crippen LogP) is 4.46. The summed E-state index contributed by atoms with van der Waals surface area (Å²) in [5.41, 5.74) is 1.81. The maximum Gasteiger partial charge on any atom is 0.295 e. The molecule has 1 heterocycles. The highest BCUT2D eigenvalue weighted by Gasteiger charge is 2.46. The van der Waals surface area contributed by atoms with Crippen molar-refractivity contribution in [1.29, 1.82) is 0 Å². The minimum absolute atomic E-state index is 0.0562. The van der Waals surface area contributed by atoms with E-state index >= 15 is 0 Å². The zero-order valence-corrected chi connectivity index (χ0v) is 20.7. The Morgan fingerprint density at radius 2 is 1.76 bits per heavy atom. The number of amides is 1. The van der Waals surface area contributed by atoms with E-state index in [1.165, 1.54) is 4.90 Å². The number of carbonyl (C=O) groups is 2. The summed E-state index contributed by atoms with van der Waals surface area (Å²) in [6.45, 7) is 6.88. The molecule has 1 aliphatic rings. The maximum absolute atomic E-state index is 13.2. The molecule has 34 heavy (non-hydrogen) atoms. The Balaban J connectivity index is 2.19. The second-order valence-corrected chi connectivity index (χ2v) is 9.28. The van der Waals surface area contributed by atoms with E-state index in [1.54, 1.807) is 51.7 Å². The molecule has 2 aromatic rings. The Bertz CT molecular complexity index is 1100. The first-order valence-electron chi connectivity index (χ1n) is 11.2. The van der Waals surface area contributed by atoms with Gasteiger partial charge in [-0.1, -0.05) is 32.9 Å². The molecule has 2 aromatic carbocycles. The van der Waals surface area contributed by atoms with Crippen LogP contribution in [-0.2, 0) is 19.7 Å². The van der Waals surface area contributed by atoms with Crippen LogP contribution in [0, 0.1) is 0 Å². The van der Waals surface area contributed by atoms with Crippen LogP contribution in [0.3, 0.4) is 0 Å². The molecule has 1 N–H and O–H groups in total. The molecule has 182 valence electrons. The van der Waals surface area contributed by atoms with Gasteiger partial charge >= 0.3 is 0 Å². The van der Waals surface area contributed by atoms with Crippen LogP contribution in [0.1, 0.15) is 49.9 Å². The molecule has 3 rings (SSSR count). The molecule has 1 fully saturated rings. The number of nitrogens with zero attached hydrogens (tertiary/aromatic N) is 1. The van der Waals surface area contributed by atoms with Crippen molar-refractivity contribution >= 4 is 17.4 Å². The number of rotatable bonds is 8. The Morgan fingerprint density at radius 3 is 2.38 bits per heavy atom. The van der Waals surface area contributed by atoms with Gasteiger partial charge in [-0.05, 0) is 47.7 Å². The third kappa shape index (κ3) is 4.94. The zero-order chi connectivity index (χ0) is 25.0. The maximum atomic E-state index is 13.2. The third-order valence-electron chi connectivity index (χ3n) is 5.98. The lowest BCUT2D eigenvalue weighted by molar-refractivity contribution is -0.140. The minimum Gasteiger partial charge on any atom is -0.507 e. The fourth-order valence-electron chi connectivity index (χ4n) is 4.24. The van der Waals surface area contributed by atoms with Crippen molar-refractivity contribution in [2.45, 2.75) is 38.6 Å². The molecule has 7 heteroatoms. The summed E-state index contributed by atoms with van der Waals surface area (Å²) in [5.74, 6) is -0.285. The van der Waals surface area contributed by atoms with Crippen LogP contribution in [0.2, 0.25) is 0 Å². The summed E-state index contributed by atoms with van der Waals surface area (Å²) in [6.07, 6.45) is 0.556. The van der Waals surface area contributed by atoms with Gasteiger partial charge in [-0.25, -0.2) is 0 Å². The lowest BCUT2D eigenvalue weighted by Gasteiger charge is -2.26. The number of benzene rings is 2. The van der Waals surface area contributed by atoms with Gasteiger partial charge < -0.3 is 24.2 Å². The molecule has 1 unspecified atom stereocenters. The molecule has 0 bridgehead atoms. The van der Waals surface area contributed by atoms with Crippen LogP contribution in [-0.4, -0.2) is 56.2 Å². The molecular weight excluding hydrogens is 434 g/mol. The smallest absolute Gasteiger partial charge is 0.295 e. The Labute approximate surface area is 200 Å². The predicted molar refractivity (Wildman–Crippen MR) is 130 cm³/mol. The van der Waals surface area contributed by atoms with E-state index in [1.807, 2.05) is 32.9 Å². The summed E-state index contributed by atoms with van der Waals surface area (Å²) < 4.78 is 16.0. The minimum atomic E-state index is -0.743. The Morgan fingerprint density at radius 1 is 1.03 bits per heavy atom. The molecule has 1 saturated heterocycles. The fourth-order valence-corrected chi connectivity index (χ4v) is 4.24. The van der Waals surface area contributed by atoms with Crippen molar-refractivity contribution in [2.75, 3.05) is 34.5 Å². The number of hydrogen-bond acceptors (Lipinski definition) is 6. The Kier molecular flexibility index (Phi) is 7.67. The Hall–Kier alpha value is -3.32. The van der Waals surface area contributed by atoms with Crippen LogP contribution >= 0.6 is 0 Å². The van der Waals surface area contributed by atoms with Crippen molar-refractivity contribution in [1.82, 2.24) is 4.90 Å². The average Bonchev–Trinajstić information content (AvgIpc) is 3.07. The van der Waals surface area contributed by atoms with Crippen molar-refractivity contribution in [3.63, 3.8) is 0 Å². The topological polar surface area (TPSA) is 85.3 Å². The molecule has 1 aliphatic heterocycles. The van der Waals surface area contributed by atoms with Crippen LogP contribution in [0.15, 0.2) is 48.0 Å². The summed E-state index contributed by atoms with van der Waals surface area (Å²) in [7, 11) is 4.74. The number of hydrogen-bond donors (Lipinski definition) is 1. The SMILES string of the molecule is COCCCN1C(=O)C(=O)/C(=C(\O)c2ccc(OC)c(C(C)(C)C)c2)C1c1cccc(OC)c1. The van der Waals surface area contributed by atoms with Gasteiger partial charge in [-0.15, -0.1) is 0 Å². The van der Waals surface area contributed by atoms with Gasteiger partial charge in [-0.2, -0.15) is 0 Å². The molecule has 1 atom stereocenters. The largest absolute Gasteiger partial charge is 0.507 e. The number of aliphatic hydroxyl groups is 1. The molecular formula is C27H33NO6. The number of methoxy groups -OCH3 is 3. The van der Waals surface area contributed by atoms with Gasteiger partial charge in [0.15, 0.2) is 0 Å². The van der Waals surface area contributed by atoms with Crippen LogP contribution in [0.5, 0.6) is 11.5 Å². The molecule has 0 aliphatic carbocycles. The highest BCUT2D eigenvalue weighted by atomic mass is 16.5. The molecule has 0 spiro atoms. The van der Waals surface area contributed by atoms with E-state index in [9.17, 15) is 14.7 Å². The van der Waals surface area contributed by atoms with Crippen molar-refractivity contribution in [3.8, 4) is 11.5 Å². The molecule has 1 amide bonds. The van der Waals surface area contributed by atoms with Gasteiger partial charge in [0.1, 0.15) is 17.3 Å². The summed E-state index contributed by atoms with van der Waals surface area (Å²) in [5, 5.41) is 11.4. The number of aliphatic hydroxyl groups excluding tert-OH is 1. The van der Waals surface area contributed by atoms with E-state index in [-0.39, 0.29) is 16.7 Å². The molecule has 0 saturated carbocycles. The van der Waals surface area contributed by atoms with E-state index in [2.05, 4.69) is 0 Å². The summed E-state index contributed by atoms with van der Waals surface area (Å²) in [6, 6.07) is 11.7. The molecule has 7 nitrogen and oxygen atoms in total. The lowest BCUT2D eigenvalue weighted by Crippen LogP contribution is -2.31. The first-order chi connectivity index (χ1) is 16.1. The van der Waals surface area contributed by atoms with Crippen molar-refractivity contribution in [3.05, 3.63) is 64.7 Å². The average molecular weight is 468 g/mol. The number of likely N-dealkylation sites (tertiary alicyclic amines) is 1. The molecule has 0 radical (unpaired) electrons. The van der Waals surface area contributed by atoms with E-state index < -0.39 is 17.7 Å². The second-order valence-electron chi connectivity index (χ2n) is 9.28. The van der Waals surface area contributed by atoms with Crippen LogP contribution in [0.4, 0.5) is 0 Å². The monoisotopic (exact) mass is 467 g/mol. The highest BCUT2D eigenvalue weighted by molar-refractivity contribution is 6.46. The van der Waals surface area contributed by atoms with Gasteiger partial charge in [0.05, 0.1) is 25.8 Å². The summed E-state index contributed by atoms with van der Waals surface area (Å²) >= 11 is 0. The lowest BCUT2D eigenvalue weighted by atomic mass is 9.84. The number of carbonyl (C=O) groups excluding carboxylic acids is 2. The number of Topliss-reactive ketones (excluding diaryl/α,β-unsaturated/α-hetero) is 1. The first-order valence-corrected chi connectivity index (χ1v) is 11.2. The normalized spacial score (nSPS) is 17.8. The molecule has 0 aromatic heterocycles. The fraction of sp³-hybridized carbons (Fsp3) is 0.407. The third-order valence-corrected chi connectivity index (χ3v) is 5.98. The van der Waals surface area contributed by atoms with E-state index in [0.717, 1.165) is 5.56 Å². The van der Waals surface area contributed by atoms with E-state index in [4.69, 9.17) is 14.2 Å². The summed E-state index contributed by atoms with van der Waals surface area (Å²) in [4.78, 5) is 27.8. The second kappa shape index (κ2) is 10.3. The number of ether oxygens (including phenoxy) is 3.